The number of nitrogens with two attached hydrogens (primary N) is 1. The first-order valence-corrected chi connectivity index (χ1v) is 7.45. The number of rotatable bonds is 4. The Kier molecular flexibility index (Phi) is 7.00. The zero-order valence-electron chi connectivity index (χ0n) is 13.5. The molecule has 1 aliphatic rings. The molecule has 1 aromatic rings. The highest BCUT2D eigenvalue weighted by molar-refractivity contribution is 5.92. The predicted octanol–water partition coefficient (Wildman–Crippen LogP) is 0.646. The van der Waals surface area contributed by atoms with Gasteiger partial charge in [-0.3, -0.25) is 9.59 Å². The maximum absolute atomic E-state index is 12.4. The van der Waals surface area contributed by atoms with Crippen molar-refractivity contribution < 1.29 is 14.3 Å². The number of amides is 2. The summed E-state index contributed by atoms with van der Waals surface area (Å²) in [5.41, 5.74) is 5.68. The van der Waals surface area contributed by atoms with Crippen LogP contribution in [0.3, 0.4) is 0 Å². The number of ether oxygens (including phenoxy) is 1. The lowest BCUT2D eigenvalue weighted by Gasteiger charge is -2.31. The van der Waals surface area contributed by atoms with Gasteiger partial charge in [0.1, 0.15) is 11.6 Å². The highest BCUT2D eigenvalue weighted by Crippen LogP contribution is 2.17. The number of morpholine rings is 1. The predicted molar refractivity (Wildman–Crippen MR) is 90.2 cm³/mol. The molecule has 1 fully saturated rings. The third kappa shape index (κ3) is 4.67. The summed E-state index contributed by atoms with van der Waals surface area (Å²) in [6.07, 6.45) is 0. The van der Waals surface area contributed by atoms with Crippen LogP contribution < -0.4 is 11.1 Å². The van der Waals surface area contributed by atoms with E-state index in [4.69, 9.17) is 10.5 Å². The van der Waals surface area contributed by atoms with Crippen molar-refractivity contribution in [3.05, 3.63) is 35.9 Å². The molecule has 0 spiro atoms. The number of hydrogen-bond donors (Lipinski definition) is 2. The summed E-state index contributed by atoms with van der Waals surface area (Å²) in [6.45, 7) is 5.49. The first-order valence-electron chi connectivity index (χ1n) is 7.45. The minimum atomic E-state index is -1.18. The fraction of sp³-hybridized carbons (Fsp3) is 0.500. The molecule has 7 heteroatoms. The first kappa shape index (κ1) is 19.4. The van der Waals surface area contributed by atoms with E-state index in [9.17, 15) is 9.59 Å². The number of nitrogens with zero attached hydrogens (tertiary/aromatic N) is 1. The molecular weight excluding hydrogens is 318 g/mol. The number of carbonyl (C=O) groups is 2. The Labute approximate surface area is 142 Å². The van der Waals surface area contributed by atoms with E-state index in [1.54, 1.807) is 30.9 Å². The normalized spacial score (nSPS) is 18.3. The van der Waals surface area contributed by atoms with Crippen LogP contribution >= 0.6 is 12.4 Å². The van der Waals surface area contributed by atoms with Gasteiger partial charge in [0.25, 0.3) is 0 Å². The molecule has 2 amide bonds. The molecule has 2 atom stereocenters. The third-order valence-electron chi connectivity index (χ3n) is 3.89. The molecule has 1 aliphatic heterocycles. The second-order valence-corrected chi connectivity index (χ2v) is 5.70. The second kappa shape index (κ2) is 8.29. The first-order chi connectivity index (χ1) is 10.4. The highest BCUT2D eigenvalue weighted by atomic mass is 35.5. The Balaban J connectivity index is 0.00000264. The Morgan fingerprint density at radius 3 is 2.39 bits per heavy atom. The number of benzene rings is 1. The molecule has 2 unspecified atom stereocenters. The van der Waals surface area contributed by atoms with Gasteiger partial charge >= 0.3 is 0 Å². The number of carbonyl (C=O) groups excluding carboxylic acids is 2. The van der Waals surface area contributed by atoms with E-state index in [0.717, 1.165) is 0 Å². The lowest BCUT2D eigenvalue weighted by Crippen LogP contribution is -2.56. The molecule has 6 nitrogen and oxygen atoms in total. The molecule has 0 aliphatic carbocycles. The lowest BCUT2D eigenvalue weighted by atomic mass is 9.92. The van der Waals surface area contributed by atoms with Crippen molar-refractivity contribution in [3.8, 4) is 0 Å². The zero-order chi connectivity index (χ0) is 16.2. The molecule has 23 heavy (non-hydrogen) atoms. The summed E-state index contributed by atoms with van der Waals surface area (Å²) < 4.78 is 5.22. The van der Waals surface area contributed by atoms with Crippen molar-refractivity contribution in [2.75, 3.05) is 26.3 Å². The monoisotopic (exact) mass is 341 g/mol. The molecule has 0 aromatic heterocycles. The quantitative estimate of drug-likeness (QED) is 0.842. The minimum absolute atomic E-state index is 0. The van der Waals surface area contributed by atoms with E-state index in [1.807, 2.05) is 18.2 Å². The van der Waals surface area contributed by atoms with Crippen molar-refractivity contribution in [1.82, 2.24) is 10.2 Å². The van der Waals surface area contributed by atoms with Gasteiger partial charge in [-0.2, -0.15) is 0 Å². The Morgan fingerprint density at radius 1 is 1.26 bits per heavy atom. The van der Waals surface area contributed by atoms with Crippen LogP contribution in [0.1, 0.15) is 19.4 Å². The van der Waals surface area contributed by atoms with Crippen molar-refractivity contribution >= 4 is 24.2 Å². The van der Waals surface area contributed by atoms with Crippen molar-refractivity contribution in [3.63, 3.8) is 0 Å². The van der Waals surface area contributed by atoms with Crippen molar-refractivity contribution in [2.45, 2.75) is 25.4 Å². The van der Waals surface area contributed by atoms with Crippen LogP contribution in [0.15, 0.2) is 30.3 Å². The van der Waals surface area contributed by atoms with E-state index < -0.39 is 11.6 Å². The van der Waals surface area contributed by atoms with Crippen molar-refractivity contribution in [1.29, 1.82) is 0 Å². The van der Waals surface area contributed by atoms with Gasteiger partial charge in [-0.05, 0) is 19.4 Å². The van der Waals surface area contributed by atoms with Gasteiger partial charge in [0.15, 0.2) is 0 Å². The Morgan fingerprint density at radius 2 is 1.83 bits per heavy atom. The van der Waals surface area contributed by atoms with Crippen LogP contribution in [-0.4, -0.2) is 49.1 Å². The van der Waals surface area contributed by atoms with E-state index in [-0.39, 0.29) is 24.2 Å². The van der Waals surface area contributed by atoms with E-state index in [1.165, 1.54) is 0 Å². The smallest absolute Gasteiger partial charge is 0.245 e. The molecule has 128 valence electrons. The standard InChI is InChI=1S/C16H23N3O3.ClH/c1-12(14(20)19-8-10-22-11-9-19)18-15(21)16(2,17)13-6-4-3-5-7-13;/h3-7,12H,8-11,17H2,1-2H3,(H,18,21);1H. The van der Waals surface area contributed by atoms with Gasteiger partial charge < -0.3 is 20.7 Å². The van der Waals surface area contributed by atoms with Crippen LogP contribution in [-0.2, 0) is 19.9 Å². The fourth-order valence-corrected chi connectivity index (χ4v) is 2.38. The molecule has 0 radical (unpaired) electrons. The molecule has 3 N–H and O–H groups in total. The lowest BCUT2D eigenvalue weighted by molar-refractivity contribution is -0.140. The van der Waals surface area contributed by atoms with Gasteiger partial charge in [-0.15, -0.1) is 12.4 Å². The van der Waals surface area contributed by atoms with Crippen LogP contribution in [0.2, 0.25) is 0 Å². The van der Waals surface area contributed by atoms with E-state index in [0.29, 0.717) is 31.9 Å². The highest BCUT2D eigenvalue weighted by Gasteiger charge is 2.33. The van der Waals surface area contributed by atoms with Crippen molar-refractivity contribution in [2.24, 2.45) is 5.73 Å². The average Bonchev–Trinajstić information content (AvgIpc) is 2.55. The molecule has 1 aromatic carbocycles. The topological polar surface area (TPSA) is 84.7 Å². The molecule has 1 saturated heterocycles. The molecule has 0 bridgehead atoms. The number of hydrogen-bond acceptors (Lipinski definition) is 4. The molecule has 2 rings (SSSR count). The summed E-state index contributed by atoms with van der Waals surface area (Å²) >= 11 is 0. The summed E-state index contributed by atoms with van der Waals surface area (Å²) in [7, 11) is 0. The largest absolute Gasteiger partial charge is 0.378 e. The summed E-state index contributed by atoms with van der Waals surface area (Å²) in [5, 5.41) is 2.72. The average molecular weight is 342 g/mol. The Bertz CT molecular complexity index is 531. The van der Waals surface area contributed by atoms with Gasteiger partial charge in [0.2, 0.25) is 11.8 Å². The van der Waals surface area contributed by atoms with Gasteiger partial charge in [0.05, 0.1) is 13.2 Å². The minimum Gasteiger partial charge on any atom is -0.378 e. The fourth-order valence-electron chi connectivity index (χ4n) is 2.38. The zero-order valence-corrected chi connectivity index (χ0v) is 14.3. The van der Waals surface area contributed by atoms with Crippen LogP contribution in [0.25, 0.3) is 0 Å². The van der Waals surface area contributed by atoms with Gasteiger partial charge in [-0.25, -0.2) is 0 Å². The number of nitrogens with one attached hydrogen (secondary N) is 1. The van der Waals surface area contributed by atoms with Crippen LogP contribution in [0.5, 0.6) is 0 Å². The molecule has 0 saturated carbocycles. The summed E-state index contributed by atoms with van der Waals surface area (Å²) in [5.74, 6) is -0.478. The van der Waals surface area contributed by atoms with E-state index >= 15 is 0 Å². The molecule has 1 heterocycles. The second-order valence-electron chi connectivity index (χ2n) is 5.70. The maximum atomic E-state index is 12.4. The van der Waals surface area contributed by atoms with E-state index in [2.05, 4.69) is 5.32 Å². The molecular formula is C16H24ClN3O3. The van der Waals surface area contributed by atoms with Gasteiger partial charge in [-0.1, -0.05) is 30.3 Å². The van der Waals surface area contributed by atoms with Gasteiger partial charge in [0, 0.05) is 13.1 Å². The Hall–Kier alpha value is -1.63. The van der Waals surface area contributed by atoms with Crippen LogP contribution in [0.4, 0.5) is 0 Å². The third-order valence-corrected chi connectivity index (χ3v) is 3.89. The van der Waals surface area contributed by atoms with Crippen LogP contribution in [0, 0.1) is 0 Å². The SMILES string of the molecule is CC(NC(=O)C(C)(N)c1ccccc1)C(=O)N1CCOCC1.Cl. The summed E-state index contributed by atoms with van der Waals surface area (Å²) in [6, 6.07) is 8.51. The number of halogens is 1. The summed E-state index contributed by atoms with van der Waals surface area (Å²) in [4.78, 5) is 26.4. The maximum Gasteiger partial charge on any atom is 0.245 e.